The summed E-state index contributed by atoms with van der Waals surface area (Å²) in [4.78, 5) is 28.0. The van der Waals surface area contributed by atoms with E-state index in [-0.39, 0.29) is 36.0 Å². The SMILES string of the molecule is C[C@H]1[C@H]([Si](C)(C)O)[C@@H](CCn2cc(C(CO)c3ccccc3)nn2)O[C@]12C(=O)N(Cc1ccc(I)cc1)c1ccc(Br)cc12. The fraction of sp³-hybridized carbons (Fsp3) is 0.364. The minimum absolute atomic E-state index is 0.0728. The number of carbonyl (C=O) groups excluding carboxylic acids is 1. The lowest BCUT2D eigenvalue weighted by Crippen LogP contribution is -2.46. The molecule has 6 rings (SSSR count). The molecule has 2 aliphatic heterocycles. The van der Waals surface area contributed by atoms with Crippen molar-refractivity contribution in [3.05, 3.63) is 109 Å². The molecular weight excluding hydrogens is 751 g/mol. The summed E-state index contributed by atoms with van der Waals surface area (Å²) >= 11 is 5.92. The van der Waals surface area contributed by atoms with Gasteiger partial charge in [-0.2, -0.15) is 0 Å². The van der Waals surface area contributed by atoms with Gasteiger partial charge in [-0.1, -0.05) is 70.5 Å². The first-order chi connectivity index (χ1) is 21.0. The summed E-state index contributed by atoms with van der Waals surface area (Å²) in [5.74, 6) is -0.596. The summed E-state index contributed by atoms with van der Waals surface area (Å²) < 4.78 is 10.8. The highest BCUT2D eigenvalue weighted by Crippen LogP contribution is 2.60. The van der Waals surface area contributed by atoms with E-state index in [9.17, 15) is 14.7 Å². The summed E-state index contributed by atoms with van der Waals surface area (Å²) in [6, 6.07) is 23.9. The van der Waals surface area contributed by atoms with Crippen LogP contribution in [-0.2, 0) is 28.2 Å². The van der Waals surface area contributed by atoms with E-state index in [1.54, 1.807) is 4.68 Å². The zero-order valence-electron chi connectivity index (χ0n) is 24.9. The Morgan fingerprint density at radius 1 is 1.11 bits per heavy atom. The second-order valence-corrected chi connectivity index (χ2v) is 18.5. The Labute approximate surface area is 280 Å². The minimum Gasteiger partial charge on any atom is -0.432 e. The average Bonchev–Trinajstić information content (AvgIpc) is 3.64. The lowest BCUT2D eigenvalue weighted by Gasteiger charge is -2.32. The lowest BCUT2D eigenvalue weighted by atomic mass is 9.82. The Morgan fingerprint density at radius 2 is 1.84 bits per heavy atom. The Morgan fingerprint density at radius 3 is 2.52 bits per heavy atom. The number of hydrogen-bond donors (Lipinski definition) is 2. The molecule has 1 amide bonds. The molecule has 0 aliphatic carbocycles. The minimum atomic E-state index is -2.80. The van der Waals surface area contributed by atoms with Crippen LogP contribution >= 0.6 is 38.5 Å². The van der Waals surface area contributed by atoms with Crippen molar-refractivity contribution in [3.8, 4) is 0 Å². The third kappa shape index (κ3) is 5.71. The Hall–Kier alpha value is -2.42. The van der Waals surface area contributed by atoms with Gasteiger partial charge in [-0.05, 0) is 83.6 Å². The molecule has 1 unspecified atom stereocenters. The number of aliphatic hydroxyl groups is 1. The molecule has 4 aromatic rings. The Balaban J connectivity index is 1.30. The van der Waals surface area contributed by atoms with E-state index in [0.29, 0.717) is 25.2 Å². The van der Waals surface area contributed by atoms with Gasteiger partial charge in [0.15, 0.2) is 13.9 Å². The van der Waals surface area contributed by atoms with Crippen molar-refractivity contribution in [1.29, 1.82) is 0 Å². The van der Waals surface area contributed by atoms with Crippen LogP contribution in [0.5, 0.6) is 0 Å². The highest BCUT2D eigenvalue weighted by Gasteiger charge is 2.66. The van der Waals surface area contributed by atoms with Gasteiger partial charge in [-0.25, -0.2) is 0 Å². The fourth-order valence-electron chi connectivity index (χ4n) is 7.15. The number of fused-ring (bicyclic) bond motifs is 2. The predicted molar refractivity (Wildman–Crippen MR) is 184 cm³/mol. The number of aromatic nitrogens is 3. The standard InChI is InChI=1S/C33H36BrIN4O4Si/c1-21-31(44(2,3)42)30(15-16-38-19-28(36-37-38)26(20-40)23-7-5-4-6-8-23)43-33(21)27-17-24(34)11-14-29(27)39(32(33)41)18-22-9-12-25(35)13-10-22/h4-14,17,19,21,26,30-31,40,42H,15-16,18,20H2,1-3H3/t21-,26?,30+,31-,33+/m0/s1. The number of aliphatic hydroxyl groups excluding tert-OH is 1. The van der Waals surface area contributed by atoms with Crippen molar-refractivity contribution >= 4 is 58.4 Å². The molecule has 230 valence electrons. The van der Waals surface area contributed by atoms with Crippen LogP contribution in [0, 0.1) is 9.49 Å². The Kier molecular flexibility index (Phi) is 8.90. The second-order valence-electron chi connectivity index (χ2n) is 12.4. The number of nitrogens with zero attached hydrogens (tertiary/aromatic N) is 4. The van der Waals surface area contributed by atoms with E-state index in [2.05, 4.69) is 67.9 Å². The van der Waals surface area contributed by atoms with Crippen LogP contribution in [0.2, 0.25) is 18.6 Å². The largest absolute Gasteiger partial charge is 0.432 e. The molecule has 0 bridgehead atoms. The number of ether oxygens (including phenoxy) is 1. The molecule has 0 saturated carbocycles. The number of halogens is 2. The molecule has 2 N–H and O–H groups in total. The van der Waals surface area contributed by atoms with E-state index in [4.69, 9.17) is 4.74 Å². The van der Waals surface area contributed by atoms with Crippen molar-refractivity contribution in [2.75, 3.05) is 11.5 Å². The van der Waals surface area contributed by atoms with Crippen LogP contribution in [0.1, 0.15) is 41.6 Å². The number of benzene rings is 3. The summed E-state index contributed by atoms with van der Waals surface area (Å²) in [5.41, 5.74) is 3.01. The van der Waals surface area contributed by atoms with Gasteiger partial charge < -0.3 is 19.5 Å². The smallest absolute Gasteiger partial charge is 0.264 e. The van der Waals surface area contributed by atoms with Crippen molar-refractivity contribution in [1.82, 2.24) is 15.0 Å². The third-order valence-electron chi connectivity index (χ3n) is 9.14. The maximum atomic E-state index is 14.6. The molecule has 1 saturated heterocycles. The quantitative estimate of drug-likeness (QED) is 0.155. The van der Waals surface area contributed by atoms with Gasteiger partial charge in [0.2, 0.25) is 0 Å². The molecule has 8 nitrogen and oxygen atoms in total. The van der Waals surface area contributed by atoms with E-state index in [0.717, 1.165) is 30.4 Å². The first-order valence-electron chi connectivity index (χ1n) is 14.9. The van der Waals surface area contributed by atoms with Crippen LogP contribution in [0.4, 0.5) is 5.69 Å². The number of hydrogen-bond acceptors (Lipinski definition) is 6. The zero-order valence-corrected chi connectivity index (χ0v) is 29.6. The molecule has 3 aromatic carbocycles. The number of aryl methyl sites for hydroxylation is 1. The summed E-state index contributed by atoms with van der Waals surface area (Å²) in [5, 5.41) is 18.8. The number of amides is 1. The van der Waals surface area contributed by atoms with Crippen molar-refractivity contribution in [2.24, 2.45) is 5.92 Å². The van der Waals surface area contributed by atoms with E-state index in [1.165, 1.54) is 0 Å². The monoisotopic (exact) mass is 786 g/mol. The highest BCUT2D eigenvalue weighted by atomic mass is 127. The number of anilines is 1. The number of rotatable bonds is 9. The van der Waals surface area contributed by atoms with Crippen molar-refractivity contribution in [3.63, 3.8) is 0 Å². The second kappa shape index (κ2) is 12.4. The maximum absolute atomic E-state index is 14.6. The molecule has 1 spiro atoms. The van der Waals surface area contributed by atoms with Gasteiger partial charge in [-0.15, -0.1) is 5.10 Å². The zero-order chi connectivity index (χ0) is 31.2. The number of carbonyl (C=O) groups is 1. The van der Waals surface area contributed by atoms with Crippen molar-refractivity contribution in [2.45, 2.75) is 62.7 Å². The van der Waals surface area contributed by atoms with Gasteiger partial charge in [0.05, 0.1) is 36.6 Å². The van der Waals surface area contributed by atoms with Crippen LogP contribution < -0.4 is 4.90 Å². The van der Waals surface area contributed by atoms with E-state index < -0.39 is 13.9 Å². The maximum Gasteiger partial charge on any atom is 0.264 e. The first-order valence-corrected chi connectivity index (χ1v) is 19.7. The van der Waals surface area contributed by atoms with Gasteiger partial charge in [0.1, 0.15) is 0 Å². The molecule has 3 heterocycles. The molecule has 1 aromatic heterocycles. The van der Waals surface area contributed by atoms with Gasteiger partial charge in [0, 0.05) is 37.8 Å². The molecule has 5 atom stereocenters. The molecule has 44 heavy (non-hydrogen) atoms. The summed E-state index contributed by atoms with van der Waals surface area (Å²) in [7, 11) is -2.80. The van der Waals surface area contributed by atoms with E-state index in [1.807, 2.05) is 84.9 Å². The van der Waals surface area contributed by atoms with Gasteiger partial charge in [-0.3, -0.25) is 9.48 Å². The van der Waals surface area contributed by atoms with Crippen LogP contribution in [0.15, 0.2) is 83.5 Å². The third-order valence-corrected chi connectivity index (χ3v) is 12.9. The highest BCUT2D eigenvalue weighted by molar-refractivity contribution is 14.1. The first kappa shape index (κ1) is 31.6. The normalized spacial score (nSPS) is 23.8. The van der Waals surface area contributed by atoms with Crippen LogP contribution in [0.3, 0.4) is 0 Å². The van der Waals surface area contributed by atoms with Crippen molar-refractivity contribution < 1.29 is 19.4 Å². The molecule has 2 aliphatic rings. The molecule has 1 fully saturated rings. The summed E-state index contributed by atoms with van der Waals surface area (Å²) in [6.45, 7) is 6.80. The topological polar surface area (TPSA) is 101 Å². The fourth-order valence-corrected chi connectivity index (χ4v) is 10.5. The Bertz CT molecular complexity index is 1650. The van der Waals surface area contributed by atoms with Gasteiger partial charge in [0.25, 0.3) is 5.91 Å². The molecule has 0 radical (unpaired) electrons. The predicted octanol–water partition coefficient (Wildman–Crippen LogP) is 6.20. The molecule has 11 heteroatoms. The van der Waals surface area contributed by atoms with Gasteiger partial charge >= 0.3 is 0 Å². The van der Waals surface area contributed by atoms with Crippen LogP contribution in [0.25, 0.3) is 0 Å². The van der Waals surface area contributed by atoms with E-state index >= 15 is 0 Å². The lowest BCUT2D eigenvalue weighted by molar-refractivity contribution is -0.146. The molecular formula is C33H36BrIN4O4Si. The van der Waals surface area contributed by atoms with Crippen LogP contribution in [-0.4, -0.2) is 51.8 Å². The summed E-state index contributed by atoms with van der Waals surface area (Å²) in [6.07, 6.45) is 2.06. The average molecular weight is 788 g/mol.